The average Bonchev–Trinajstić information content (AvgIpc) is 2.96. The van der Waals surface area contributed by atoms with Crippen molar-refractivity contribution in [3.8, 4) is 0 Å². The fourth-order valence-electron chi connectivity index (χ4n) is 2.68. The zero-order valence-corrected chi connectivity index (χ0v) is 10.1. The second-order valence-corrected chi connectivity index (χ2v) is 4.86. The van der Waals surface area contributed by atoms with E-state index in [4.69, 9.17) is 0 Å². The minimum atomic E-state index is 0.260. The van der Waals surface area contributed by atoms with E-state index in [9.17, 15) is 0 Å². The molecule has 17 heavy (non-hydrogen) atoms. The molecule has 1 N–H and O–H groups in total. The van der Waals surface area contributed by atoms with Gasteiger partial charge in [0.1, 0.15) is 0 Å². The van der Waals surface area contributed by atoms with Crippen LogP contribution in [0.3, 0.4) is 0 Å². The molecule has 1 saturated carbocycles. The van der Waals surface area contributed by atoms with Gasteiger partial charge in [0.25, 0.3) is 0 Å². The van der Waals surface area contributed by atoms with Crippen LogP contribution in [0.25, 0.3) is 5.65 Å². The lowest BCUT2D eigenvalue weighted by Gasteiger charge is -2.17. The van der Waals surface area contributed by atoms with Crippen molar-refractivity contribution >= 4 is 5.65 Å². The lowest BCUT2D eigenvalue weighted by molar-refractivity contribution is 0.445. The van der Waals surface area contributed by atoms with Gasteiger partial charge in [0.15, 0.2) is 11.5 Å². The maximum absolute atomic E-state index is 4.29. The fourth-order valence-corrected chi connectivity index (χ4v) is 2.68. The quantitative estimate of drug-likeness (QED) is 0.880. The SMILES string of the molecule is C[C@@H](NC1CCCC1)c1nnc2ccccn12. The van der Waals surface area contributed by atoms with Crippen molar-refractivity contribution in [2.24, 2.45) is 0 Å². The standard InChI is InChI=1S/C13H18N4/c1-10(14-11-6-2-3-7-11)13-16-15-12-8-4-5-9-17(12)13/h4-5,8-11,14H,2-3,6-7H2,1H3/t10-/m1/s1. The van der Waals surface area contributed by atoms with E-state index in [0.29, 0.717) is 6.04 Å². The molecule has 0 unspecified atom stereocenters. The van der Waals surface area contributed by atoms with E-state index in [2.05, 4.69) is 26.8 Å². The highest BCUT2D eigenvalue weighted by Gasteiger charge is 2.20. The van der Waals surface area contributed by atoms with Gasteiger partial charge < -0.3 is 5.32 Å². The number of hydrogen-bond donors (Lipinski definition) is 1. The van der Waals surface area contributed by atoms with E-state index in [1.807, 2.05) is 24.4 Å². The van der Waals surface area contributed by atoms with Crippen LogP contribution >= 0.6 is 0 Å². The van der Waals surface area contributed by atoms with Gasteiger partial charge in [0.05, 0.1) is 6.04 Å². The first-order valence-electron chi connectivity index (χ1n) is 6.40. The van der Waals surface area contributed by atoms with Crippen molar-refractivity contribution in [1.29, 1.82) is 0 Å². The predicted molar refractivity (Wildman–Crippen MR) is 66.8 cm³/mol. The Morgan fingerprint density at radius 1 is 1.29 bits per heavy atom. The van der Waals surface area contributed by atoms with Gasteiger partial charge in [-0.05, 0) is 31.9 Å². The monoisotopic (exact) mass is 230 g/mol. The molecule has 0 radical (unpaired) electrons. The van der Waals surface area contributed by atoms with E-state index in [-0.39, 0.29) is 6.04 Å². The Bertz CT molecular complexity index is 499. The van der Waals surface area contributed by atoms with Crippen LogP contribution in [0.2, 0.25) is 0 Å². The van der Waals surface area contributed by atoms with Crippen molar-refractivity contribution in [2.45, 2.75) is 44.7 Å². The Balaban J connectivity index is 1.82. The molecular weight excluding hydrogens is 212 g/mol. The van der Waals surface area contributed by atoms with Crippen LogP contribution < -0.4 is 5.32 Å². The van der Waals surface area contributed by atoms with Crippen molar-refractivity contribution in [2.75, 3.05) is 0 Å². The van der Waals surface area contributed by atoms with Crippen molar-refractivity contribution in [3.63, 3.8) is 0 Å². The smallest absolute Gasteiger partial charge is 0.160 e. The van der Waals surface area contributed by atoms with E-state index in [1.54, 1.807) is 0 Å². The van der Waals surface area contributed by atoms with Crippen LogP contribution in [0.1, 0.15) is 44.5 Å². The van der Waals surface area contributed by atoms with Crippen LogP contribution in [-0.4, -0.2) is 20.6 Å². The Labute approximate surface area is 101 Å². The second kappa shape index (κ2) is 4.45. The third-order valence-electron chi connectivity index (χ3n) is 3.57. The van der Waals surface area contributed by atoms with Crippen LogP contribution in [-0.2, 0) is 0 Å². The molecule has 1 aliphatic carbocycles. The van der Waals surface area contributed by atoms with E-state index < -0.39 is 0 Å². The molecule has 1 fully saturated rings. The summed E-state index contributed by atoms with van der Waals surface area (Å²) in [6.07, 6.45) is 7.32. The molecule has 0 saturated heterocycles. The molecule has 1 aliphatic rings. The van der Waals surface area contributed by atoms with Gasteiger partial charge in [-0.25, -0.2) is 0 Å². The third-order valence-corrected chi connectivity index (χ3v) is 3.57. The van der Waals surface area contributed by atoms with E-state index in [0.717, 1.165) is 11.5 Å². The summed E-state index contributed by atoms with van der Waals surface area (Å²) >= 11 is 0. The molecule has 0 aromatic carbocycles. The Morgan fingerprint density at radius 2 is 2.12 bits per heavy atom. The van der Waals surface area contributed by atoms with E-state index in [1.165, 1.54) is 25.7 Å². The Hall–Kier alpha value is -1.42. The number of nitrogens with zero attached hydrogens (tertiary/aromatic N) is 3. The number of hydrogen-bond acceptors (Lipinski definition) is 3. The predicted octanol–water partition coefficient (Wildman–Crippen LogP) is 2.32. The molecule has 0 spiro atoms. The molecule has 4 heteroatoms. The molecule has 0 amide bonds. The third kappa shape index (κ3) is 2.05. The van der Waals surface area contributed by atoms with Crippen molar-refractivity contribution in [3.05, 3.63) is 30.2 Å². The summed E-state index contributed by atoms with van der Waals surface area (Å²) in [7, 11) is 0. The summed E-state index contributed by atoms with van der Waals surface area (Å²) < 4.78 is 2.06. The molecule has 0 aliphatic heterocycles. The highest BCUT2D eigenvalue weighted by molar-refractivity contribution is 5.37. The molecule has 2 aromatic rings. The van der Waals surface area contributed by atoms with Crippen molar-refractivity contribution < 1.29 is 0 Å². The van der Waals surface area contributed by atoms with Gasteiger partial charge in [-0.1, -0.05) is 18.9 Å². The first kappa shape index (κ1) is 10.7. The fraction of sp³-hybridized carbons (Fsp3) is 0.538. The Kier molecular flexibility index (Phi) is 2.81. The Morgan fingerprint density at radius 3 is 2.94 bits per heavy atom. The lowest BCUT2D eigenvalue weighted by Crippen LogP contribution is -2.30. The molecular formula is C13H18N4. The zero-order valence-electron chi connectivity index (χ0n) is 10.1. The summed E-state index contributed by atoms with van der Waals surface area (Å²) in [5, 5.41) is 12.1. The molecule has 4 nitrogen and oxygen atoms in total. The van der Waals surface area contributed by atoms with Gasteiger partial charge in [0.2, 0.25) is 0 Å². The maximum atomic E-state index is 4.29. The lowest BCUT2D eigenvalue weighted by atomic mass is 10.2. The number of rotatable bonds is 3. The van der Waals surface area contributed by atoms with Gasteiger partial charge in [-0.3, -0.25) is 4.40 Å². The van der Waals surface area contributed by atoms with Crippen LogP contribution in [0, 0.1) is 0 Å². The normalized spacial score (nSPS) is 18.9. The van der Waals surface area contributed by atoms with Gasteiger partial charge in [-0.15, -0.1) is 10.2 Å². The summed E-state index contributed by atoms with van der Waals surface area (Å²) in [5.41, 5.74) is 0.919. The number of fused-ring (bicyclic) bond motifs is 1. The maximum Gasteiger partial charge on any atom is 0.160 e. The first-order chi connectivity index (χ1) is 8.34. The van der Waals surface area contributed by atoms with E-state index >= 15 is 0 Å². The second-order valence-electron chi connectivity index (χ2n) is 4.86. The summed E-state index contributed by atoms with van der Waals surface area (Å²) in [6, 6.07) is 6.90. The summed E-state index contributed by atoms with van der Waals surface area (Å²) in [5.74, 6) is 1.01. The van der Waals surface area contributed by atoms with Crippen molar-refractivity contribution in [1.82, 2.24) is 19.9 Å². The summed E-state index contributed by atoms with van der Waals surface area (Å²) in [6.45, 7) is 2.17. The van der Waals surface area contributed by atoms with Gasteiger partial charge >= 0.3 is 0 Å². The van der Waals surface area contributed by atoms with Crippen LogP contribution in [0.15, 0.2) is 24.4 Å². The molecule has 0 bridgehead atoms. The average molecular weight is 230 g/mol. The highest BCUT2D eigenvalue weighted by atomic mass is 15.3. The number of aromatic nitrogens is 3. The molecule has 1 atom stereocenters. The zero-order chi connectivity index (χ0) is 11.7. The minimum Gasteiger partial charge on any atom is -0.305 e. The molecule has 90 valence electrons. The first-order valence-corrected chi connectivity index (χ1v) is 6.40. The summed E-state index contributed by atoms with van der Waals surface area (Å²) in [4.78, 5) is 0. The highest BCUT2D eigenvalue weighted by Crippen LogP contribution is 2.21. The topological polar surface area (TPSA) is 42.2 Å². The largest absolute Gasteiger partial charge is 0.305 e. The van der Waals surface area contributed by atoms with Crippen LogP contribution in [0.4, 0.5) is 0 Å². The van der Waals surface area contributed by atoms with Gasteiger partial charge in [-0.2, -0.15) is 0 Å². The number of pyridine rings is 1. The number of nitrogens with one attached hydrogen (secondary N) is 1. The minimum absolute atomic E-state index is 0.260. The molecule has 2 aromatic heterocycles. The van der Waals surface area contributed by atoms with Gasteiger partial charge in [0, 0.05) is 12.2 Å². The van der Waals surface area contributed by atoms with Crippen LogP contribution in [0.5, 0.6) is 0 Å². The molecule has 2 heterocycles. The molecule has 3 rings (SSSR count).